The summed E-state index contributed by atoms with van der Waals surface area (Å²) >= 11 is 0. The Morgan fingerprint density at radius 2 is 1.91 bits per heavy atom. The lowest BCUT2D eigenvalue weighted by molar-refractivity contribution is -0.147. The zero-order chi connectivity index (χ0) is 17.6. The molecule has 1 unspecified atom stereocenters. The second-order valence-electron chi connectivity index (χ2n) is 6.12. The predicted molar refractivity (Wildman–Crippen MR) is 86.6 cm³/mol. The van der Waals surface area contributed by atoms with Gasteiger partial charge in [-0.2, -0.15) is 0 Å². The summed E-state index contributed by atoms with van der Waals surface area (Å²) in [6.07, 6.45) is 3.96. The van der Waals surface area contributed by atoms with Crippen LogP contribution in [0.5, 0.6) is 0 Å². The van der Waals surface area contributed by atoms with Crippen molar-refractivity contribution < 1.29 is 23.9 Å². The topological polar surface area (TPSA) is 69.7 Å². The van der Waals surface area contributed by atoms with E-state index >= 15 is 0 Å². The first kappa shape index (κ1) is 19.1. The molecule has 0 aromatic carbocycles. The zero-order valence-corrected chi connectivity index (χ0v) is 14.4. The van der Waals surface area contributed by atoms with Gasteiger partial charge in [-0.25, -0.2) is 4.79 Å². The predicted octanol–water partition coefficient (Wildman–Crippen LogP) is 2.99. The normalized spacial score (nSPS) is 24.2. The van der Waals surface area contributed by atoms with E-state index in [1.54, 1.807) is 6.92 Å². The minimum absolute atomic E-state index is 0.127. The summed E-state index contributed by atoms with van der Waals surface area (Å²) in [5.41, 5.74) is 1.40. The van der Waals surface area contributed by atoms with Crippen LogP contribution in [-0.2, 0) is 23.9 Å². The van der Waals surface area contributed by atoms with E-state index in [1.807, 2.05) is 6.08 Å². The Morgan fingerprint density at radius 3 is 2.43 bits per heavy atom. The van der Waals surface area contributed by atoms with Gasteiger partial charge in [0.2, 0.25) is 0 Å². The third-order valence-corrected chi connectivity index (χ3v) is 4.28. The second kappa shape index (κ2) is 8.65. The highest BCUT2D eigenvalue weighted by atomic mass is 16.5. The lowest BCUT2D eigenvalue weighted by Gasteiger charge is -2.24. The van der Waals surface area contributed by atoms with Crippen molar-refractivity contribution in [1.29, 1.82) is 0 Å². The van der Waals surface area contributed by atoms with Crippen molar-refractivity contribution in [1.82, 2.24) is 0 Å². The smallest absolute Gasteiger partial charge is 0.333 e. The van der Waals surface area contributed by atoms with Crippen LogP contribution in [0.25, 0.3) is 0 Å². The van der Waals surface area contributed by atoms with E-state index in [9.17, 15) is 14.4 Å². The van der Waals surface area contributed by atoms with Gasteiger partial charge in [0.05, 0.1) is 7.11 Å². The molecule has 0 aromatic rings. The van der Waals surface area contributed by atoms with Gasteiger partial charge in [0.25, 0.3) is 0 Å². The molecule has 0 aromatic heterocycles. The highest BCUT2D eigenvalue weighted by Gasteiger charge is 2.32. The Morgan fingerprint density at radius 1 is 1.26 bits per heavy atom. The summed E-state index contributed by atoms with van der Waals surface area (Å²) in [6.45, 7) is 8.81. The fraction of sp³-hybridized carbons (Fsp3) is 0.611. The van der Waals surface area contributed by atoms with Crippen LogP contribution in [0.3, 0.4) is 0 Å². The van der Waals surface area contributed by atoms with Gasteiger partial charge < -0.3 is 14.3 Å². The first-order valence-corrected chi connectivity index (χ1v) is 7.90. The van der Waals surface area contributed by atoms with Crippen LogP contribution in [0.15, 0.2) is 23.8 Å². The summed E-state index contributed by atoms with van der Waals surface area (Å²) in [6, 6.07) is 0. The molecule has 128 valence electrons. The Balaban J connectivity index is 3.08. The molecule has 1 aliphatic rings. The largest absolute Gasteiger partial charge is 0.466 e. The lowest BCUT2D eigenvalue weighted by atomic mass is 9.89. The second-order valence-corrected chi connectivity index (χ2v) is 6.12. The van der Waals surface area contributed by atoms with Crippen molar-refractivity contribution in [3.05, 3.63) is 23.8 Å². The maximum atomic E-state index is 11.8. The monoisotopic (exact) mass is 322 g/mol. The molecular weight excluding hydrogens is 296 g/mol. The van der Waals surface area contributed by atoms with Gasteiger partial charge in [-0.3, -0.25) is 4.79 Å². The number of esters is 2. The Hall–Kier alpha value is -1.91. The molecule has 0 aliphatic heterocycles. The summed E-state index contributed by atoms with van der Waals surface area (Å²) in [5, 5.41) is 0. The van der Waals surface area contributed by atoms with Crippen LogP contribution in [0.1, 0.15) is 46.5 Å². The molecule has 1 rings (SSSR count). The molecule has 23 heavy (non-hydrogen) atoms. The van der Waals surface area contributed by atoms with Gasteiger partial charge in [-0.1, -0.05) is 19.1 Å². The number of rotatable bonds is 6. The molecule has 0 spiro atoms. The summed E-state index contributed by atoms with van der Waals surface area (Å²) in [7, 11) is 1.31. The minimum atomic E-state index is -0.550. The summed E-state index contributed by atoms with van der Waals surface area (Å²) in [4.78, 5) is 34.5. The van der Waals surface area contributed by atoms with Crippen molar-refractivity contribution in [2.24, 2.45) is 11.8 Å². The molecule has 5 heteroatoms. The first-order chi connectivity index (χ1) is 10.8. The Labute approximate surface area is 137 Å². The molecule has 0 radical (unpaired) electrons. The number of hydrogen-bond acceptors (Lipinski definition) is 5. The number of carbonyl (C=O) groups excluding carboxylic acids is 3. The third-order valence-electron chi connectivity index (χ3n) is 4.28. The van der Waals surface area contributed by atoms with Crippen molar-refractivity contribution in [2.45, 2.75) is 52.6 Å². The number of hydrogen-bond donors (Lipinski definition) is 0. The van der Waals surface area contributed by atoms with Crippen LogP contribution in [0.4, 0.5) is 0 Å². The van der Waals surface area contributed by atoms with Gasteiger partial charge in [-0.15, -0.1) is 0 Å². The summed E-state index contributed by atoms with van der Waals surface area (Å²) < 4.78 is 10.2. The average molecular weight is 322 g/mol. The van der Waals surface area contributed by atoms with Crippen LogP contribution in [0.2, 0.25) is 0 Å². The number of ketones is 1. The standard InChI is InChI=1S/C18H26O5/c1-11-6-9-16(13(3)18(21)22-5)17(23-14(4)20)10-15(11)8-7-12(2)19/h10-11,16-17H,3,6-9H2,1-2,4-5H3/t11-,16?,17+/m0/s1. The molecule has 3 atom stereocenters. The fourth-order valence-electron chi connectivity index (χ4n) is 2.88. The summed E-state index contributed by atoms with van der Waals surface area (Å²) in [5.74, 6) is -0.803. The molecule has 0 bridgehead atoms. The average Bonchev–Trinajstić information content (AvgIpc) is 2.62. The van der Waals surface area contributed by atoms with E-state index in [1.165, 1.54) is 14.0 Å². The van der Waals surface area contributed by atoms with Crippen molar-refractivity contribution in [3.8, 4) is 0 Å². The molecule has 0 saturated heterocycles. The quantitative estimate of drug-likeness (QED) is 0.427. The van der Waals surface area contributed by atoms with Crippen LogP contribution >= 0.6 is 0 Å². The number of carbonyl (C=O) groups is 3. The van der Waals surface area contributed by atoms with E-state index in [4.69, 9.17) is 9.47 Å². The minimum Gasteiger partial charge on any atom is -0.466 e. The van der Waals surface area contributed by atoms with E-state index in [2.05, 4.69) is 13.5 Å². The Bertz CT molecular complexity index is 518. The zero-order valence-electron chi connectivity index (χ0n) is 14.4. The highest BCUT2D eigenvalue weighted by molar-refractivity contribution is 5.88. The fourth-order valence-corrected chi connectivity index (χ4v) is 2.88. The SMILES string of the molecule is C=C(C(=O)OC)C1CC[C@H](C)C(CCC(C)=O)=C[C@H]1OC(C)=O. The van der Waals surface area contributed by atoms with Gasteiger partial charge in [0, 0.05) is 24.8 Å². The van der Waals surface area contributed by atoms with Gasteiger partial charge in [0.15, 0.2) is 0 Å². The van der Waals surface area contributed by atoms with E-state index < -0.39 is 18.0 Å². The van der Waals surface area contributed by atoms with Gasteiger partial charge >= 0.3 is 11.9 Å². The van der Waals surface area contributed by atoms with E-state index in [0.29, 0.717) is 24.8 Å². The first-order valence-electron chi connectivity index (χ1n) is 7.90. The molecule has 0 saturated carbocycles. The number of allylic oxidation sites excluding steroid dienone is 1. The van der Waals surface area contributed by atoms with Gasteiger partial charge in [-0.05, 0) is 38.2 Å². The molecule has 0 amide bonds. The maximum absolute atomic E-state index is 11.8. The van der Waals surface area contributed by atoms with Crippen molar-refractivity contribution in [2.75, 3.05) is 7.11 Å². The van der Waals surface area contributed by atoms with Gasteiger partial charge in [0.1, 0.15) is 11.9 Å². The molecule has 0 fully saturated rings. The molecule has 5 nitrogen and oxygen atoms in total. The van der Waals surface area contributed by atoms with Crippen LogP contribution < -0.4 is 0 Å². The molecular formula is C18H26O5. The molecule has 0 N–H and O–H groups in total. The highest BCUT2D eigenvalue weighted by Crippen LogP contribution is 2.34. The lowest BCUT2D eigenvalue weighted by Crippen LogP contribution is -2.28. The van der Waals surface area contributed by atoms with Crippen molar-refractivity contribution in [3.63, 3.8) is 0 Å². The van der Waals surface area contributed by atoms with E-state index in [0.717, 1.165) is 12.0 Å². The third kappa shape index (κ3) is 5.66. The number of ether oxygens (including phenoxy) is 2. The number of methoxy groups -OCH3 is 1. The Kier molecular flexibility index (Phi) is 7.20. The number of Topliss-reactive ketones (excluding diaryl/α,β-unsaturated/α-hetero) is 1. The van der Waals surface area contributed by atoms with Crippen LogP contribution in [-0.4, -0.2) is 30.9 Å². The van der Waals surface area contributed by atoms with E-state index in [-0.39, 0.29) is 17.6 Å². The maximum Gasteiger partial charge on any atom is 0.333 e. The van der Waals surface area contributed by atoms with Crippen molar-refractivity contribution >= 4 is 17.7 Å². The van der Waals surface area contributed by atoms with Crippen LogP contribution in [0, 0.1) is 11.8 Å². The molecule has 1 aliphatic carbocycles. The molecule has 0 heterocycles.